The zero-order chi connectivity index (χ0) is 12.3. The van der Waals surface area contributed by atoms with Crippen LogP contribution >= 0.6 is 0 Å². The van der Waals surface area contributed by atoms with Crippen molar-refractivity contribution in [2.75, 3.05) is 0 Å². The highest BCUT2D eigenvalue weighted by molar-refractivity contribution is 5.32. The molecule has 17 heavy (non-hydrogen) atoms. The Kier molecular flexibility index (Phi) is 3.23. The first-order chi connectivity index (χ1) is 8.15. The van der Waals surface area contributed by atoms with Crippen molar-refractivity contribution >= 4 is 0 Å². The van der Waals surface area contributed by atoms with E-state index in [9.17, 15) is 0 Å². The van der Waals surface area contributed by atoms with Gasteiger partial charge in [-0.1, -0.05) is 24.3 Å². The van der Waals surface area contributed by atoms with Crippen LogP contribution in [-0.4, -0.2) is 15.0 Å². The van der Waals surface area contributed by atoms with E-state index in [4.69, 9.17) is 5.73 Å². The molecule has 0 fully saturated rings. The Hall–Kier alpha value is -2.10. The van der Waals surface area contributed by atoms with Crippen molar-refractivity contribution in [3.8, 4) is 5.69 Å². The summed E-state index contributed by atoms with van der Waals surface area (Å²) in [5.74, 6) is 0. The number of allylic oxidation sites excluding steroid dienone is 1. The van der Waals surface area contributed by atoms with Gasteiger partial charge in [0.05, 0.1) is 17.6 Å². The van der Waals surface area contributed by atoms with Crippen molar-refractivity contribution in [2.24, 2.45) is 5.73 Å². The molecule has 0 bridgehead atoms. The van der Waals surface area contributed by atoms with Gasteiger partial charge in [0, 0.05) is 5.70 Å². The minimum atomic E-state index is 0.676. The van der Waals surface area contributed by atoms with Crippen LogP contribution in [0.4, 0.5) is 0 Å². The second kappa shape index (κ2) is 4.82. The van der Waals surface area contributed by atoms with Gasteiger partial charge in [0.15, 0.2) is 0 Å². The average molecular weight is 228 g/mol. The molecule has 0 amide bonds. The molecule has 0 spiro atoms. The predicted molar refractivity (Wildman–Crippen MR) is 67.7 cm³/mol. The summed E-state index contributed by atoms with van der Waals surface area (Å²) in [7, 11) is 0. The summed E-state index contributed by atoms with van der Waals surface area (Å²) < 4.78 is 0. The zero-order valence-electron chi connectivity index (χ0n) is 9.93. The summed E-state index contributed by atoms with van der Waals surface area (Å²) >= 11 is 0. The molecule has 0 unspecified atom stereocenters. The first-order valence-corrected chi connectivity index (χ1v) is 5.56. The van der Waals surface area contributed by atoms with Gasteiger partial charge in [-0.05, 0) is 31.9 Å². The monoisotopic (exact) mass is 228 g/mol. The van der Waals surface area contributed by atoms with Gasteiger partial charge in [-0.15, -0.1) is 0 Å². The maximum absolute atomic E-state index is 5.53. The fraction of sp³-hybridized carbons (Fsp3) is 0.231. The molecule has 2 N–H and O–H groups in total. The number of hydrogen-bond acceptors (Lipinski definition) is 3. The van der Waals surface area contributed by atoms with Gasteiger partial charge in [-0.25, -0.2) is 0 Å². The first kappa shape index (κ1) is 11.4. The van der Waals surface area contributed by atoms with Crippen LogP contribution in [0.5, 0.6) is 0 Å². The molecule has 0 aliphatic heterocycles. The van der Waals surface area contributed by atoms with Crippen LogP contribution < -0.4 is 5.73 Å². The third-order valence-corrected chi connectivity index (χ3v) is 2.51. The average Bonchev–Trinajstić information content (AvgIpc) is 2.76. The molecule has 0 saturated carbocycles. The van der Waals surface area contributed by atoms with Crippen LogP contribution in [0.25, 0.3) is 5.69 Å². The van der Waals surface area contributed by atoms with Crippen LogP contribution in [0.15, 0.2) is 42.7 Å². The third kappa shape index (κ3) is 2.93. The highest BCUT2D eigenvalue weighted by Gasteiger charge is 2.02. The van der Waals surface area contributed by atoms with Crippen molar-refractivity contribution in [3.63, 3.8) is 0 Å². The van der Waals surface area contributed by atoms with Crippen molar-refractivity contribution in [1.82, 2.24) is 15.0 Å². The van der Waals surface area contributed by atoms with Gasteiger partial charge in [0.25, 0.3) is 0 Å². The van der Waals surface area contributed by atoms with E-state index < -0.39 is 0 Å². The predicted octanol–water partition coefficient (Wildman–Crippen LogP) is 1.98. The number of benzene rings is 1. The summed E-state index contributed by atoms with van der Waals surface area (Å²) in [6.07, 6.45) is 3.29. The lowest BCUT2D eigenvalue weighted by atomic mass is 10.2. The number of aromatic nitrogens is 3. The Bertz CT molecular complexity index is 510. The summed E-state index contributed by atoms with van der Waals surface area (Å²) in [5.41, 5.74) is 9.32. The Morgan fingerprint density at radius 3 is 2.71 bits per heavy atom. The standard InChI is InChI=1S/C13H16N4/c1-10-3-7-13(8-4-10)17-15-9-12(16-17)6-5-11(2)14/h3-4,7-9H,2,5-6,14H2,1H3. The fourth-order valence-electron chi connectivity index (χ4n) is 1.50. The van der Waals surface area contributed by atoms with Gasteiger partial charge < -0.3 is 5.73 Å². The SMILES string of the molecule is C=C(N)CCc1cnn(-c2ccc(C)cc2)n1. The number of nitrogens with zero attached hydrogens (tertiary/aromatic N) is 3. The van der Waals surface area contributed by atoms with Gasteiger partial charge in [0.1, 0.15) is 0 Å². The number of rotatable bonds is 4. The van der Waals surface area contributed by atoms with E-state index >= 15 is 0 Å². The van der Waals surface area contributed by atoms with E-state index in [0.717, 1.165) is 24.2 Å². The van der Waals surface area contributed by atoms with Crippen molar-refractivity contribution in [3.05, 3.63) is 54.0 Å². The maximum atomic E-state index is 5.53. The number of nitrogens with two attached hydrogens (primary N) is 1. The quantitative estimate of drug-likeness (QED) is 0.870. The molecule has 0 atom stereocenters. The molecule has 0 aliphatic carbocycles. The second-order valence-electron chi connectivity index (χ2n) is 4.12. The summed E-state index contributed by atoms with van der Waals surface area (Å²) in [6.45, 7) is 5.72. The minimum Gasteiger partial charge on any atom is -0.403 e. The molecule has 1 aromatic heterocycles. The lowest BCUT2D eigenvalue weighted by Crippen LogP contribution is -2.00. The van der Waals surface area contributed by atoms with E-state index in [0.29, 0.717) is 5.70 Å². The lowest BCUT2D eigenvalue weighted by molar-refractivity contribution is 0.733. The molecular weight excluding hydrogens is 212 g/mol. The lowest BCUT2D eigenvalue weighted by Gasteiger charge is -1.99. The van der Waals surface area contributed by atoms with E-state index in [1.165, 1.54) is 5.56 Å². The Morgan fingerprint density at radius 1 is 1.35 bits per heavy atom. The van der Waals surface area contributed by atoms with Gasteiger partial charge in [0.2, 0.25) is 0 Å². The molecule has 2 aromatic rings. The van der Waals surface area contributed by atoms with Crippen LogP contribution in [0.2, 0.25) is 0 Å². The number of hydrogen-bond donors (Lipinski definition) is 1. The number of aryl methyl sites for hydroxylation is 2. The normalized spacial score (nSPS) is 10.4. The summed E-state index contributed by atoms with van der Waals surface area (Å²) in [4.78, 5) is 1.63. The molecule has 88 valence electrons. The van der Waals surface area contributed by atoms with E-state index in [1.54, 1.807) is 11.0 Å². The minimum absolute atomic E-state index is 0.676. The first-order valence-electron chi connectivity index (χ1n) is 5.56. The molecule has 0 radical (unpaired) electrons. The van der Waals surface area contributed by atoms with Crippen LogP contribution in [0, 0.1) is 6.92 Å². The van der Waals surface area contributed by atoms with Gasteiger partial charge in [-0.3, -0.25) is 0 Å². The van der Waals surface area contributed by atoms with Crippen molar-refractivity contribution in [1.29, 1.82) is 0 Å². The largest absolute Gasteiger partial charge is 0.403 e. The molecule has 1 heterocycles. The third-order valence-electron chi connectivity index (χ3n) is 2.51. The van der Waals surface area contributed by atoms with E-state index in [-0.39, 0.29) is 0 Å². The van der Waals surface area contributed by atoms with Crippen LogP contribution in [0.3, 0.4) is 0 Å². The molecule has 2 rings (SSSR count). The van der Waals surface area contributed by atoms with Crippen molar-refractivity contribution in [2.45, 2.75) is 19.8 Å². The zero-order valence-corrected chi connectivity index (χ0v) is 9.93. The highest BCUT2D eigenvalue weighted by Crippen LogP contribution is 2.08. The highest BCUT2D eigenvalue weighted by atomic mass is 15.5. The molecule has 4 nitrogen and oxygen atoms in total. The molecule has 0 aliphatic rings. The van der Waals surface area contributed by atoms with Crippen LogP contribution in [0.1, 0.15) is 17.7 Å². The Labute approximate surface area is 101 Å². The second-order valence-corrected chi connectivity index (χ2v) is 4.12. The summed E-state index contributed by atoms with van der Waals surface area (Å²) in [6, 6.07) is 8.09. The molecular formula is C13H16N4. The fourth-order valence-corrected chi connectivity index (χ4v) is 1.50. The van der Waals surface area contributed by atoms with Crippen molar-refractivity contribution < 1.29 is 0 Å². The molecule has 4 heteroatoms. The van der Waals surface area contributed by atoms with Gasteiger partial charge in [-0.2, -0.15) is 15.0 Å². The molecule has 1 aromatic carbocycles. The maximum Gasteiger partial charge on any atom is 0.0856 e. The Morgan fingerprint density at radius 2 is 2.06 bits per heavy atom. The van der Waals surface area contributed by atoms with Crippen LogP contribution in [-0.2, 0) is 6.42 Å². The smallest absolute Gasteiger partial charge is 0.0856 e. The Balaban J connectivity index is 2.12. The summed E-state index contributed by atoms with van der Waals surface area (Å²) in [5, 5.41) is 8.62. The topological polar surface area (TPSA) is 56.7 Å². The van der Waals surface area contributed by atoms with Gasteiger partial charge >= 0.3 is 0 Å². The van der Waals surface area contributed by atoms with E-state index in [1.807, 2.05) is 24.3 Å². The van der Waals surface area contributed by atoms with E-state index in [2.05, 4.69) is 23.7 Å². The molecule has 0 saturated heterocycles.